The van der Waals surface area contributed by atoms with Crippen LogP contribution in [0.2, 0.25) is 0 Å². The lowest BCUT2D eigenvalue weighted by atomic mass is 10.1. The van der Waals surface area contributed by atoms with E-state index in [-0.39, 0.29) is 16.3 Å². The van der Waals surface area contributed by atoms with Crippen molar-refractivity contribution in [2.24, 2.45) is 0 Å². The number of methoxy groups -OCH3 is 1. The Morgan fingerprint density at radius 1 is 0.947 bits per heavy atom. The number of sulfonamides is 1. The third-order valence-corrected chi connectivity index (χ3v) is 9.00. The number of nitrogens with zero attached hydrogens (tertiary/aromatic N) is 1. The number of hydroxylamine groups is 1. The summed E-state index contributed by atoms with van der Waals surface area (Å²) >= 11 is 0. The molecule has 0 saturated carbocycles. The fourth-order valence-corrected chi connectivity index (χ4v) is 6.24. The molecular weight excluding hydrogens is 530 g/mol. The van der Waals surface area contributed by atoms with Crippen molar-refractivity contribution in [3.63, 3.8) is 0 Å². The second-order valence-corrected chi connectivity index (χ2v) is 11.8. The largest absolute Gasteiger partial charge is 0.497 e. The molecule has 0 unspecified atom stereocenters. The molecule has 0 radical (unpaired) electrons. The molecule has 0 aliphatic carbocycles. The van der Waals surface area contributed by atoms with Crippen LogP contribution in [-0.4, -0.2) is 45.6 Å². The maximum Gasteiger partial charge on any atom is 0.268 e. The molecule has 1 heterocycles. The second kappa shape index (κ2) is 11.2. The van der Waals surface area contributed by atoms with Crippen LogP contribution in [0.15, 0.2) is 94.9 Å². The molecule has 0 saturated heterocycles. The van der Waals surface area contributed by atoms with Crippen molar-refractivity contribution in [1.82, 2.24) is 14.2 Å². The molecule has 0 fully saturated rings. The average molecular weight is 556 g/mol. The van der Waals surface area contributed by atoms with Crippen LogP contribution in [0.3, 0.4) is 0 Å². The van der Waals surface area contributed by atoms with Crippen LogP contribution in [0.25, 0.3) is 17.0 Å². The third kappa shape index (κ3) is 5.78. The van der Waals surface area contributed by atoms with Crippen molar-refractivity contribution in [3.05, 3.63) is 96.2 Å². The Hall–Kier alpha value is -3.97. The molecule has 0 spiro atoms. The van der Waals surface area contributed by atoms with Gasteiger partial charge in [0, 0.05) is 24.2 Å². The number of hydrogen-bond donors (Lipinski definition) is 3. The number of hydrogen-bond acceptors (Lipinski definition) is 7. The number of benzene rings is 3. The van der Waals surface area contributed by atoms with Gasteiger partial charge in [0.05, 0.1) is 22.4 Å². The summed E-state index contributed by atoms with van der Waals surface area (Å²) in [5.74, 6) is -0.155. The summed E-state index contributed by atoms with van der Waals surface area (Å²) in [6.45, 7) is 0.0934. The number of carbonyl (C=O) groups is 1. The zero-order valence-corrected chi connectivity index (χ0v) is 21.9. The molecule has 3 N–H and O–H groups in total. The molecule has 1 amide bonds. The van der Waals surface area contributed by atoms with Gasteiger partial charge in [-0.15, -0.1) is 0 Å². The van der Waals surface area contributed by atoms with E-state index in [1.165, 1.54) is 65.2 Å². The number of carbonyl (C=O) groups excluding carboxylic acids is 1. The van der Waals surface area contributed by atoms with Crippen LogP contribution in [-0.2, 0) is 31.3 Å². The molecule has 12 heteroatoms. The first-order chi connectivity index (χ1) is 18.2. The highest BCUT2D eigenvalue weighted by Gasteiger charge is 2.20. The van der Waals surface area contributed by atoms with Crippen LogP contribution in [0.5, 0.6) is 5.75 Å². The van der Waals surface area contributed by atoms with Gasteiger partial charge in [-0.25, -0.2) is 31.0 Å². The first-order valence-electron chi connectivity index (χ1n) is 11.4. The number of aromatic nitrogens is 1. The number of ether oxygens (including phenoxy) is 1. The molecule has 3 aromatic carbocycles. The molecule has 0 aliphatic heterocycles. The molecule has 0 bridgehead atoms. The van der Waals surface area contributed by atoms with Crippen molar-refractivity contribution in [2.45, 2.75) is 16.2 Å². The number of nitrogens with one attached hydrogen (secondary N) is 2. The summed E-state index contributed by atoms with van der Waals surface area (Å²) in [5, 5.41) is 9.22. The third-order valence-electron chi connectivity index (χ3n) is 5.82. The monoisotopic (exact) mass is 555 g/mol. The zero-order valence-electron chi connectivity index (χ0n) is 20.2. The first kappa shape index (κ1) is 27.1. The molecule has 38 heavy (non-hydrogen) atoms. The summed E-state index contributed by atoms with van der Waals surface area (Å²) in [6, 6.07) is 18.9. The van der Waals surface area contributed by atoms with Gasteiger partial charge >= 0.3 is 0 Å². The molecule has 4 aromatic rings. The lowest BCUT2D eigenvalue weighted by molar-refractivity contribution is -0.124. The van der Waals surface area contributed by atoms with E-state index in [9.17, 15) is 21.6 Å². The van der Waals surface area contributed by atoms with Gasteiger partial charge in [-0.3, -0.25) is 10.0 Å². The molecule has 0 aliphatic rings. The summed E-state index contributed by atoms with van der Waals surface area (Å²) in [7, 11) is -6.15. The van der Waals surface area contributed by atoms with Gasteiger partial charge in [0.2, 0.25) is 10.0 Å². The Kier molecular flexibility index (Phi) is 7.97. The SMILES string of the molecule is COc1ccc(S(=O)(=O)n2ccc3c(CCNS(=O)(=O)c4ccc(/C=C/C(=O)NO)cc4)cccc32)cc1. The van der Waals surface area contributed by atoms with Crippen LogP contribution in [0.4, 0.5) is 0 Å². The Balaban J connectivity index is 1.48. The Morgan fingerprint density at radius 3 is 2.29 bits per heavy atom. The predicted molar refractivity (Wildman–Crippen MR) is 142 cm³/mol. The second-order valence-electron chi connectivity index (χ2n) is 8.17. The molecule has 0 atom stereocenters. The van der Waals surface area contributed by atoms with E-state index in [1.807, 2.05) is 6.07 Å². The maximum absolute atomic E-state index is 13.2. The predicted octanol–water partition coefficient (Wildman–Crippen LogP) is 2.93. The van der Waals surface area contributed by atoms with Gasteiger partial charge in [-0.05, 0) is 72.2 Å². The zero-order chi connectivity index (χ0) is 27.3. The minimum Gasteiger partial charge on any atom is -0.497 e. The van der Waals surface area contributed by atoms with Gasteiger partial charge in [0.15, 0.2) is 0 Å². The van der Waals surface area contributed by atoms with Gasteiger partial charge in [-0.1, -0.05) is 24.3 Å². The Bertz CT molecular complexity index is 1690. The van der Waals surface area contributed by atoms with Crippen LogP contribution in [0.1, 0.15) is 11.1 Å². The minimum atomic E-state index is -3.85. The highest BCUT2D eigenvalue weighted by atomic mass is 32.2. The Morgan fingerprint density at radius 2 is 1.63 bits per heavy atom. The fraction of sp³-hybridized carbons (Fsp3) is 0.115. The van der Waals surface area contributed by atoms with Gasteiger partial charge in [0.1, 0.15) is 5.75 Å². The normalized spacial score (nSPS) is 12.2. The van der Waals surface area contributed by atoms with E-state index in [4.69, 9.17) is 9.94 Å². The first-order valence-corrected chi connectivity index (χ1v) is 14.3. The van der Waals surface area contributed by atoms with Crippen LogP contribution in [0, 0.1) is 0 Å². The van der Waals surface area contributed by atoms with Gasteiger partial charge < -0.3 is 4.74 Å². The molecule has 198 valence electrons. The van der Waals surface area contributed by atoms with E-state index < -0.39 is 26.0 Å². The summed E-state index contributed by atoms with van der Waals surface area (Å²) in [6.07, 6.45) is 4.35. The van der Waals surface area contributed by atoms with Crippen molar-refractivity contribution in [2.75, 3.05) is 13.7 Å². The van der Waals surface area contributed by atoms with E-state index in [0.717, 1.165) is 11.6 Å². The lowest BCUT2D eigenvalue weighted by Crippen LogP contribution is -2.26. The molecule has 4 rings (SSSR count). The van der Waals surface area contributed by atoms with Gasteiger partial charge in [-0.2, -0.15) is 0 Å². The number of fused-ring (bicyclic) bond motifs is 1. The molecule has 10 nitrogen and oxygen atoms in total. The molecule has 1 aromatic heterocycles. The van der Waals surface area contributed by atoms with E-state index in [1.54, 1.807) is 30.3 Å². The lowest BCUT2D eigenvalue weighted by Gasteiger charge is -2.10. The van der Waals surface area contributed by atoms with Gasteiger partial charge in [0.25, 0.3) is 15.9 Å². The summed E-state index contributed by atoms with van der Waals surface area (Å²) in [4.78, 5) is 11.2. The van der Waals surface area contributed by atoms with E-state index in [2.05, 4.69) is 4.72 Å². The van der Waals surface area contributed by atoms with Crippen molar-refractivity contribution >= 4 is 42.9 Å². The minimum absolute atomic E-state index is 0.0520. The van der Waals surface area contributed by atoms with Crippen molar-refractivity contribution in [1.29, 1.82) is 0 Å². The number of amides is 1. The number of rotatable bonds is 10. The summed E-state index contributed by atoms with van der Waals surface area (Å²) < 4.78 is 60.8. The smallest absolute Gasteiger partial charge is 0.268 e. The van der Waals surface area contributed by atoms with Crippen molar-refractivity contribution < 1.29 is 31.6 Å². The highest BCUT2D eigenvalue weighted by Crippen LogP contribution is 2.26. The quantitative estimate of drug-likeness (QED) is 0.155. The van der Waals surface area contributed by atoms with Crippen LogP contribution >= 0.6 is 0 Å². The molecular formula is C26H25N3O7S2. The van der Waals surface area contributed by atoms with Crippen molar-refractivity contribution in [3.8, 4) is 5.75 Å². The fourth-order valence-electron chi connectivity index (χ4n) is 3.87. The highest BCUT2D eigenvalue weighted by molar-refractivity contribution is 7.90. The average Bonchev–Trinajstić information content (AvgIpc) is 3.38. The standard InChI is InChI=1S/C26H25N3O7S2/c1-36-21-8-12-23(13-9-21)38(34,35)29-18-16-24-20(3-2-4-25(24)29)15-17-27-37(32,33)22-10-5-19(6-11-22)7-14-26(30)28-31/h2-14,16,18,27,31H,15,17H2,1H3,(H,28,30)/b14-7+. The summed E-state index contributed by atoms with van der Waals surface area (Å²) in [5.41, 5.74) is 3.32. The van der Waals surface area contributed by atoms with E-state index >= 15 is 0 Å². The van der Waals surface area contributed by atoms with Crippen LogP contribution < -0.4 is 14.9 Å². The topological polar surface area (TPSA) is 144 Å². The Labute approximate surface area is 220 Å². The maximum atomic E-state index is 13.2. The van der Waals surface area contributed by atoms with E-state index in [0.29, 0.717) is 28.6 Å².